The molecule has 114 valence electrons. The van der Waals surface area contributed by atoms with E-state index < -0.39 is 7.60 Å². The first-order valence-electron chi connectivity index (χ1n) is 7.18. The highest BCUT2D eigenvalue weighted by atomic mass is 31.2. The predicted octanol–water partition coefficient (Wildman–Crippen LogP) is 4.78. The van der Waals surface area contributed by atoms with Gasteiger partial charge in [0.15, 0.2) is 0 Å². The average Bonchev–Trinajstić information content (AvgIpc) is 2.36. The molecule has 1 aromatic carbocycles. The van der Waals surface area contributed by atoms with Crippen LogP contribution in [0.5, 0.6) is 0 Å². The van der Waals surface area contributed by atoms with Crippen LogP contribution in [-0.2, 0) is 19.8 Å². The second-order valence-corrected chi connectivity index (χ2v) is 7.53. The molecule has 0 radical (unpaired) electrons. The highest BCUT2D eigenvalue weighted by molar-refractivity contribution is 7.53. The fourth-order valence-corrected chi connectivity index (χ4v) is 4.40. The standard InChI is InChI=1S/C16H22NO3P/c1-12(2)19-21(18,20-13(3)4)11-15-8-5-7-14-9-6-10-17-16(14)15/h5-10,12-13H,11H2,1-4H3. The normalized spacial score (nSPS) is 12.5. The van der Waals surface area contributed by atoms with E-state index in [0.29, 0.717) is 0 Å². The van der Waals surface area contributed by atoms with Gasteiger partial charge in [-0.1, -0.05) is 24.3 Å². The molecular formula is C16H22NO3P. The number of aromatic nitrogens is 1. The topological polar surface area (TPSA) is 48.4 Å². The van der Waals surface area contributed by atoms with Crippen molar-refractivity contribution < 1.29 is 13.6 Å². The molecule has 5 heteroatoms. The molecule has 0 N–H and O–H groups in total. The van der Waals surface area contributed by atoms with Gasteiger partial charge in [-0.15, -0.1) is 0 Å². The lowest BCUT2D eigenvalue weighted by Gasteiger charge is -2.23. The minimum absolute atomic E-state index is 0.155. The summed E-state index contributed by atoms with van der Waals surface area (Å²) in [5.41, 5.74) is 1.73. The zero-order chi connectivity index (χ0) is 15.5. The van der Waals surface area contributed by atoms with Gasteiger partial charge in [-0.3, -0.25) is 9.55 Å². The summed E-state index contributed by atoms with van der Waals surface area (Å²) in [6.07, 6.45) is 1.66. The number of rotatable bonds is 6. The van der Waals surface area contributed by atoms with Gasteiger partial charge in [-0.25, -0.2) is 0 Å². The summed E-state index contributed by atoms with van der Waals surface area (Å²) in [6.45, 7) is 7.44. The molecule has 2 rings (SSSR count). The Morgan fingerprint density at radius 1 is 1.05 bits per heavy atom. The fraction of sp³-hybridized carbons (Fsp3) is 0.438. The first kappa shape index (κ1) is 16.2. The van der Waals surface area contributed by atoms with Gasteiger partial charge in [0.2, 0.25) is 0 Å². The van der Waals surface area contributed by atoms with Crippen LogP contribution < -0.4 is 0 Å². The van der Waals surface area contributed by atoms with Crippen LogP contribution in [0.4, 0.5) is 0 Å². The first-order valence-corrected chi connectivity index (χ1v) is 8.91. The number of hydrogen-bond acceptors (Lipinski definition) is 4. The Bertz CT molecular complexity index is 636. The van der Waals surface area contributed by atoms with Crippen molar-refractivity contribution in [1.29, 1.82) is 0 Å². The quantitative estimate of drug-likeness (QED) is 0.721. The van der Waals surface area contributed by atoms with Crippen LogP contribution in [0.15, 0.2) is 36.5 Å². The summed E-state index contributed by atoms with van der Waals surface area (Å²) in [5.74, 6) is 0. The maximum absolute atomic E-state index is 13.0. The van der Waals surface area contributed by atoms with Gasteiger partial charge in [0.25, 0.3) is 0 Å². The third-order valence-electron chi connectivity index (χ3n) is 2.82. The molecule has 0 spiro atoms. The van der Waals surface area contributed by atoms with Crippen LogP contribution >= 0.6 is 7.60 Å². The van der Waals surface area contributed by atoms with Gasteiger partial charge < -0.3 is 9.05 Å². The van der Waals surface area contributed by atoms with Crippen molar-refractivity contribution in [3.8, 4) is 0 Å². The molecule has 0 amide bonds. The molecule has 0 atom stereocenters. The second-order valence-electron chi connectivity index (χ2n) is 5.57. The lowest BCUT2D eigenvalue weighted by atomic mass is 10.1. The van der Waals surface area contributed by atoms with E-state index in [4.69, 9.17) is 9.05 Å². The van der Waals surface area contributed by atoms with E-state index in [1.165, 1.54) is 0 Å². The molecule has 0 aliphatic rings. The Kier molecular flexibility index (Phi) is 5.15. The zero-order valence-electron chi connectivity index (χ0n) is 12.9. The van der Waals surface area contributed by atoms with Crippen LogP contribution in [0.25, 0.3) is 10.9 Å². The minimum Gasteiger partial charge on any atom is -0.306 e. The Morgan fingerprint density at radius 2 is 1.67 bits per heavy atom. The Labute approximate surface area is 126 Å². The average molecular weight is 307 g/mol. The van der Waals surface area contributed by atoms with E-state index in [1.807, 2.05) is 58.0 Å². The van der Waals surface area contributed by atoms with Crippen LogP contribution in [-0.4, -0.2) is 17.2 Å². The fourth-order valence-electron chi connectivity index (χ4n) is 2.25. The summed E-state index contributed by atoms with van der Waals surface area (Å²) < 4.78 is 24.2. The number of fused-ring (bicyclic) bond motifs is 1. The van der Waals surface area contributed by atoms with Crippen LogP contribution in [0.3, 0.4) is 0 Å². The molecular weight excluding hydrogens is 285 g/mol. The molecule has 0 saturated heterocycles. The minimum atomic E-state index is -3.20. The zero-order valence-corrected chi connectivity index (χ0v) is 13.8. The van der Waals surface area contributed by atoms with E-state index >= 15 is 0 Å². The summed E-state index contributed by atoms with van der Waals surface area (Å²) in [6, 6.07) is 9.73. The number of hydrogen-bond donors (Lipinski definition) is 0. The van der Waals surface area contributed by atoms with Gasteiger partial charge in [-0.2, -0.15) is 0 Å². The molecule has 1 aromatic heterocycles. The van der Waals surface area contributed by atoms with E-state index in [2.05, 4.69) is 4.98 Å². The first-order chi connectivity index (χ1) is 9.89. The van der Waals surface area contributed by atoms with E-state index in [1.54, 1.807) is 6.20 Å². The lowest BCUT2D eigenvalue weighted by Crippen LogP contribution is -2.09. The van der Waals surface area contributed by atoms with Crippen molar-refractivity contribution in [2.45, 2.75) is 46.1 Å². The third kappa shape index (κ3) is 4.37. The highest BCUT2D eigenvalue weighted by Crippen LogP contribution is 2.54. The Balaban J connectivity index is 2.36. The maximum Gasteiger partial charge on any atom is 0.335 e. The van der Waals surface area contributed by atoms with Gasteiger partial charge in [0, 0.05) is 11.6 Å². The van der Waals surface area contributed by atoms with E-state index in [9.17, 15) is 4.57 Å². The molecule has 0 unspecified atom stereocenters. The lowest BCUT2D eigenvalue weighted by molar-refractivity contribution is 0.141. The van der Waals surface area contributed by atoms with E-state index in [-0.39, 0.29) is 18.4 Å². The molecule has 21 heavy (non-hydrogen) atoms. The predicted molar refractivity (Wildman–Crippen MR) is 85.5 cm³/mol. The molecule has 0 saturated carbocycles. The molecule has 0 fully saturated rings. The van der Waals surface area contributed by atoms with E-state index in [0.717, 1.165) is 16.5 Å². The number of pyridine rings is 1. The van der Waals surface area contributed by atoms with Gasteiger partial charge in [0.05, 0.1) is 23.9 Å². The number of para-hydroxylation sites is 1. The van der Waals surface area contributed by atoms with Crippen LogP contribution in [0, 0.1) is 0 Å². The van der Waals surface area contributed by atoms with Crippen molar-refractivity contribution in [2.75, 3.05) is 0 Å². The van der Waals surface area contributed by atoms with Crippen molar-refractivity contribution in [2.24, 2.45) is 0 Å². The number of benzene rings is 1. The SMILES string of the molecule is CC(C)OP(=O)(Cc1cccc2cccnc12)OC(C)C. The summed E-state index contributed by atoms with van der Waals surface area (Å²) in [4.78, 5) is 4.39. The van der Waals surface area contributed by atoms with Gasteiger partial charge in [-0.05, 0) is 39.3 Å². The summed E-state index contributed by atoms with van der Waals surface area (Å²) >= 11 is 0. The van der Waals surface area contributed by atoms with Gasteiger partial charge in [0.1, 0.15) is 0 Å². The third-order valence-corrected chi connectivity index (χ3v) is 5.04. The van der Waals surface area contributed by atoms with Crippen molar-refractivity contribution in [1.82, 2.24) is 4.98 Å². The second kappa shape index (κ2) is 6.69. The molecule has 0 aliphatic carbocycles. The molecule has 4 nitrogen and oxygen atoms in total. The maximum atomic E-state index is 13.0. The molecule has 0 aliphatic heterocycles. The molecule has 1 heterocycles. The smallest absolute Gasteiger partial charge is 0.306 e. The van der Waals surface area contributed by atoms with Crippen LogP contribution in [0.2, 0.25) is 0 Å². The number of nitrogens with zero attached hydrogens (tertiary/aromatic N) is 1. The monoisotopic (exact) mass is 307 g/mol. The summed E-state index contributed by atoms with van der Waals surface area (Å²) in [5, 5.41) is 1.02. The molecule has 2 aromatic rings. The largest absolute Gasteiger partial charge is 0.335 e. The van der Waals surface area contributed by atoms with Crippen molar-refractivity contribution in [3.05, 3.63) is 42.1 Å². The Morgan fingerprint density at radius 3 is 2.29 bits per heavy atom. The van der Waals surface area contributed by atoms with Crippen LogP contribution in [0.1, 0.15) is 33.3 Å². The summed E-state index contributed by atoms with van der Waals surface area (Å²) in [7, 11) is -3.20. The molecule has 0 bridgehead atoms. The highest BCUT2D eigenvalue weighted by Gasteiger charge is 2.29. The Hall–Kier alpha value is -1.22. The van der Waals surface area contributed by atoms with Gasteiger partial charge >= 0.3 is 7.60 Å². The van der Waals surface area contributed by atoms with Crippen molar-refractivity contribution >= 4 is 18.5 Å². The van der Waals surface area contributed by atoms with Crippen molar-refractivity contribution in [3.63, 3.8) is 0 Å².